The van der Waals surface area contributed by atoms with Crippen LogP contribution in [-0.2, 0) is 13.1 Å². The average molecular weight is 348 g/mol. The number of amides is 1. The molecular weight excluding hydrogens is 328 g/mol. The van der Waals surface area contributed by atoms with Crippen LogP contribution in [0.1, 0.15) is 16.2 Å². The minimum absolute atomic E-state index is 0.0217. The Morgan fingerprint density at radius 1 is 1.12 bits per heavy atom. The first-order valence-electron chi connectivity index (χ1n) is 8.67. The molecule has 3 aromatic rings. The monoisotopic (exact) mass is 348 g/mol. The van der Waals surface area contributed by atoms with Crippen LogP contribution in [-0.4, -0.2) is 38.5 Å². The van der Waals surface area contributed by atoms with Gasteiger partial charge in [0, 0.05) is 43.2 Å². The van der Waals surface area contributed by atoms with Crippen molar-refractivity contribution >= 4 is 5.91 Å². The van der Waals surface area contributed by atoms with E-state index < -0.39 is 0 Å². The molecule has 0 spiro atoms. The molecule has 0 N–H and O–H groups in total. The molecule has 4 rings (SSSR count). The number of hydrogen-bond donors (Lipinski definition) is 0. The number of ether oxygens (including phenoxy) is 1. The molecule has 0 saturated carbocycles. The quantitative estimate of drug-likeness (QED) is 0.727. The van der Waals surface area contributed by atoms with E-state index in [0.29, 0.717) is 25.3 Å². The Labute approximate surface area is 152 Å². The minimum Gasteiger partial charge on any atom is -0.492 e. The summed E-state index contributed by atoms with van der Waals surface area (Å²) in [5.41, 5.74) is 0.694. The number of nitrogens with zero attached hydrogens (tertiary/aromatic N) is 4. The van der Waals surface area contributed by atoms with Crippen molar-refractivity contribution in [1.29, 1.82) is 0 Å². The molecular formula is C20H20N4O2. The second kappa shape index (κ2) is 7.39. The number of carbonyl (C=O) groups excluding carboxylic acids is 1. The van der Waals surface area contributed by atoms with E-state index in [9.17, 15) is 4.79 Å². The SMILES string of the molecule is O=C(c1ccccc1)N1Cc2nccn2CC(COc2cccnc2)C1. The van der Waals surface area contributed by atoms with Crippen molar-refractivity contribution in [3.05, 3.63) is 78.6 Å². The number of rotatable bonds is 4. The molecule has 0 bridgehead atoms. The largest absolute Gasteiger partial charge is 0.492 e. The highest BCUT2D eigenvalue weighted by atomic mass is 16.5. The van der Waals surface area contributed by atoms with Crippen molar-refractivity contribution in [1.82, 2.24) is 19.4 Å². The highest BCUT2D eigenvalue weighted by molar-refractivity contribution is 5.94. The van der Waals surface area contributed by atoms with Crippen molar-refractivity contribution in [3.8, 4) is 5.75 Å². The Hall–Kier alpha value is -3.15. The first kappa shape index (κ1) is 16.3. The molecule has 2 aromatic heterocycles. The normalized spacial score (nSPS) is 16.6. The van der Waals surface area contributed by atoms with E-state index >= 15 is 0 Å². The van der Waals surface area contributed by atoms with Crippen LogP contribution in [0.4, 0.5) is 0 Å². The first-order valence-corrected chi connectivity index (χ1v) is 8.67. The molecule has 1 aromatic carbocycles. The maximum atomic E-state index is 12.9. The zero-order valence-electron chi connectivity index (χ0n) is 14.4. The summed E-state index contributed by atoms with van der Waals surface area (Å²) in [5, 5.41) is 0. The van der Waals surface area contributed by atoms with Gasteiger partial charge < -0.3 is 14.2 Å². The van der Waals surface area contributed by atoms with Gasteiger partial charge in [-0.05, 0) is 24.3 Å². The summed E-state index contributed by atoms with van der Waals surface area (Å²) in [6.45, 7) is 2.41. The molecule has 1 aliphatic heterocycles. The Morgan fingerprint density at radius 2 is 2.00 bits per heavy atom. The van der Waals surface area contributed by atoms with E-state index in [4.69, 9.17) is 4.74 Å². The van der Waals surface area contributed by atoms with E-state index in [1.165, 1.54) is 0 Å². The highest BCUT2D eigenvalue weighted by Crippen LogP contribution is 2.19. The predicted molar refractivity (Wildman–Crippen MR) is 96.6 cm³/mol. The maximum absolute atomic E-state index is 12.9. The summed E-state index contributed by atoms with van der Waals surface area (Å²) in [6, 6.07) is 13.1. The molecule has 0 saturated heterocycles. The van der Waals surface area contributed by atoms with Crippen LogP contribution in [0.2, 0.25) is 0 Å². The Balaban J connectivity index is 1.53. The fraction of sp³-hybridized carbons (Fsp3) is 0.250. The Bertz CT molecular complexity index is 864. The van der Waals surface area contributed by atoms with Crippen molar-refractivity contribution in [3.63, 3.8) is 0 Å². The van der Waals surface area contributed by atoms with Gasteiger partial charge in [-0.3, -0.25) is 9.78 Å². The van der Waals surface area contributed by atoms with Crippen LogP contribution in [0.25, 0.3) is 0 Å². The van der Waals surface area contributed by atoms with Crippen molar-refractivity contribution in [2.45, 2.75) is 13.1 Å². The third kappa shape index (κ3) is 3.59. The topological polar surface area (TPSA) is 60.2 Å². The van der Waals surface area contributed by atoms with Crippen LogP contribution in [0, 0.1) is 5.92 Å². The van der Waals surface area contributed by atoms with Gasteiger partial charge in [-0.25, -0.2) is 4.98 Å². The maximum Gasteiger partial charge on any atom is 0.254 e. The number of hydrogen-bond acceptors (Lipinski definition) is 4. The van der Waals surface area contributed by atoms with Crippen molar-refractivity contribution in [2.24, 2.45) is 5.92 Å². The zero-order chi connectivity index (χ0) is 17.8. The lowest BCUT2D eigenvalue weighted by Crippen LogP contribution is -2.35. The fourth-order valence-corrected chi connectivity index (χ4v) is 3.21. The summed E-state index contributed by atoms with van der Waals surface area (Å²) in [6.07, 6.45) is 7.16. The van der Waals surface area contributed by atoms with Crippen molar-refractivity contribution < 1.29 is 9.53 Å². The molecule has 1 amide bonds. The molecule has 132 valence electrons. The van der Waals surface area contributed by atoms with Crippen LogP contribution in [0.5, 0.6) is 5.75 Å². The molecule has 0 radical (unpaired) electrons. The smallest absolute Gasteiger partial charge is 0.254 e. The zero-order valence-corrected chi connectivity index (χ0v) is 14.4. The summed E-state index contributed by atoms with van der Waals surface area (Å²) in [5.74, 6) is 1.83. The van der Waals surface area contributed by atoms with E-state index in [1.807, 2.05) is 53.6 Å². The van der Waals surface area contributed by atoms with E-state index in [2.05, 4.69) is 14.5 Å². The summed E-state index contributed by atoms with van der Waals surface area (Å²) >= 11 is 0. The molecule has 3 heterocycles. The van der Waals surface area contributed by atoms with Gasteiger partial charge in [0.15, 0.2) is 0 Å². The molecule has 0 aliphatic carbocycles. The number of carbonyl (C=O) groups is 1. The summed E-state index contributed by atoms with van der Waals surface area (Å²) in [4.78, 5) is 23.3. The number of benzene rings is 1. The third-order valence-electron chi connectivity index (χ3n) is 4.50. The third-order valence-corrected chi connectivity index (χ3v) is 4.50. The van der Waals surface area contributed by atoms with Crippen LogP contribution < -0.4 is 4.74 Å². The highest BCUT2D eigenvalue weighted by Gasteiger charge is 2.26. The molecule has 1 atom stereocenters. The second-order valence-corrected chi connectivity index (χ2v) is 6.41. The average Bonchev–Trinajstić information content (AvgIpc) is 3.05. The van der Waals surface area contributed by atoms with E-state index in [0.717, 1.165) is 18.1 Å². The van der Waals surface area contributed by atoms with Gasteiger partial charge in [-0.15, -0.1) is 0 Å². The molecule has 6 heteroatoms. The number of aromatic nitrogens is 3. The molecule has 1 aliphatic rings. The molecule has 26 heavy (non-hydrogen) atoms. The van der Waals surface area contributed by atoms with Gasteiger partial charge in [0.25, 0.3) is 5.91 Å². The molecule has 1 unspecified atom stereocenters. The number of pyridine rings is 1. The van der Waals surface area contributed by atoms with Crippen LogP contribution >= 0.6 is 0 Å². The molecule has 0 fully saturated rings. The van der Waals surface area contributed by atoms with Gasteiger partial charge in [0.1, 0.15) is 11.6 Å². The van der Waals surface area contributed by atoms with E-state index in [1.54, 1.807) is 18.6 Å². The molecule has 6 nitrogen and oxygen atoms in total. The van der Waals surface area contributed by atoms with Gasteiger partial charge in [-0.1, -0.05) is 18.2 Å². The van der Waals surface area contributed by atoms with Gasteiger partial charge >= 0.3 is 0 Å². The number of fused-ring (bicyclic) bond motifs is 1. The van der Waals surface area contributed by atoms with Gasteiger partial charge in [0.05, 0.1) is 19.3 Å². The fourth-order valence-electron chi connectivity index (χ4n) is 3.21. The second-order valence-electron chi connectivity index (χ2n) is 6.41. The van der Waals surface area contributed by atoms with Crippen LogP contribution in [0.15, 0.2) is 67.3 Å². The standard InChI is InChI=1S/C20H20N4O2/c25-20(17-5-2-1-3-6-17)24-13-16(12-23-10-9-22-19(23)14-24)15-26-18-7-4-8-21-11-18/h1-11,16H,12-15H2. The van der Waals surface area contributed by atoms with Gasteiger partial charge in [0.2, 0.25) is 0 Å². The van der Waals surface area contributed by atoms with Gasteiger partial charge in [-0.2, -0.15) is 0 Å². The van der Waals surface area contributed by atoms with Crippen molar-refractivity contribution in [2.75, 3.05) is 13.2 Å². The lowest BCUT2D eigenvalue weighted by molar-refractivity contribution is 0.0699. The Kier molecular flexibility index (Phi) is 4.64. The first-order chi connectivity index (χ1) is 12.8. The summed E-state index contributed by atoms with van der Waals surface area (Å²) < 4.78 is 8.00. The minimum atomic E-state index is 0.0217. The van der Waals surface area contributed by atoms with E-state index in [-0.39, 0.29) is 11.8 Å². The Morgan fingerprint density at radius 3 is 2.81 bits per heavy atom. The number of imidazole rings is 1. The lowest BCUT2D eigenvalue weighted by Gasteiger charge is -2.24. The van der Waals surface area contributed by atoms with Crippen LogP contribution in [0.3, 0.4) is 0 Å². The summed E-state index contributed by atoms with van der Waals surface area (Å²) in [7, 11) is 0. The lowest BCUT2D eigenvalue weighted by atomic mass is 10.1. The predicted octanol–water partition coefficient (Wildman–Crippen LogP) is 2.63.